The van der Waals surface area contributed by atoms with Gasteiger partial charge in [-0.1, -0.05) is 51.7 Å². The second-order valence-corrected chi connectivity index (χ2v) is 3.65. The maximum atomic E-state index is 11.3. The molecule has 90 valence electrons. The number of nitrogens with one attached hydrogen (secondary N) is 1. The number of carbonyl (C=O) groups excluding carboxylic acids is 1. The summed E-state index contributed by atoms with van der Waals surface area (Å²) in [7, 11) is 0. The summed E-state index contributed by atoms with van der Waals surface area (Å²) in [4.78, 5) is 11.3. The lowest BCUT2D eigenvalue weighted by molar-refractivity contribution is 0.155. The highest BCUT2D eigenvalue weighted by Crippen LogP contribution is 1.99. The van der Waals surface area contributed by atoms with Gasteiger partial charge in [0.05, 0.1) is 0 Å². The third-order valence-corrected chi connectivity index (χ3v) is 2.26. The van der Waals surface area contributed by atoms with Crippen LogP contribution in [-0.4, -0.2) is 19.2 Å². The highest BCUT2D eigenvalue weighted by molar-refractivity contribution is 5.67. The van der Waals surface area contributed by atoms with E-state index >= 15 is 0 Å². The van der Waals surface area contributed by atoms with Crippen LogP contribution in [0.2, 0.25) is 0 Å². The van der Waals surface area contributed by atoms with Crippen molar-refractivity contribution in [2.24, 2.45) is 5.92 Å². The fourth-order valence-electron chi connectivity index (χ4n) is 0.928. The van der Waals surface area contributed by atoms with E-state index in [2.05, 4.69) is 32.3 Å². The number of alkyl carbamates (subject to hydrolysis) is 1. The van der Waals surface area contributed by atoms with Crippen LogP contribution in [0.15, 0.2) is 37.0 Å². The van der Waals surface area contributed by atoms with Gasteiger partial charge in [-0.3, -0.25) is 0 Å². The molecule has 16 heavy (non-hydrogen) atoms. The molecule has 0 aromatic rings. The summed E-state index contributed by atoms with van der Waals surface area (Å²) in [6, 6.07) is 0. The number of allylic oxidation sites excluding steroid dienone is 2. The van der Waals surface area contributed by atoms with Gasteiger partial charge in [0.2, 0.25) is 0 Å². The summed E-state index contributed by atoms with van der Waals surface area (Å²) >= 11 is 0. The molecule has 3 nitrogen and oxygen atoms in total. The van der Waals surface area contributed by atoms with E-state index in [4.69, 9.17) is 4.74 Å². The van der Waals surface area contributed by atoms with Crippen molar-refractivity contribution in [1.82, 2.24) is 5.32 Å². The van der Waals surface area contributed by atoms with Gasteiger partial charge >= 0.3 is 6.09 Å². The first kappa shape index (κ1) is 14.5. The smallest absolute Gasteiger partial charge is 0.407 e. The summed E-state index contributed by atoms with van der Waals surface area (Å²) < 4.78 is 5.01. The van der Waals surface area contributed by atoms with Crippen molar-refractivity contribution in [3.63, 3.8) is 0 Å². The predicted molar refractivity (Wildman–Crippen MR) is 67.3 cm³/mol. The zero-order chi connectivity index (χ0) is 12.4. The molecular weight excluding hydrogens is 202 g/mol. The molecule has 0 aliphatic carbocycles. The summed E-state index contributed by atoms with van der Waals surface area (Å²) in [5.41, 5.74) is 0.827. The second kappa shape index (κ2) is 8.77. The lowest BCUT2D eigenvalue weighted by Gasteiger charge is -2.10. The van der Waals surface area contributed by atoms with Crippen molar-refractivity contribution in [3.8, 4) is 0 Å². The lowest BCUT2D eigenvalue weighted by Crippen LogP contribution is -2.29. The Bertz CT molecular complexity index is 269. The molecular formula is C13H21NO2. The molecule has 0 heterocycles. The normalized spacial score (nSPS) is 12.8. The van der Waals surface area contributed by atoms with E-state index in [0.29, 0.717) is 12.5 Å². The van der Waals surface area contributed by atoms with Crippen molar-refractivity contribution in [2.75, 3.05) is 13.2 Å². The Kier molecular flexibility index (Phi) is 7.94. The Morgan fingerprint density at radius 3 is 2.69 bits per heavy atom. The van der Waals surface area contributed by atoms with Gasteiger partial charge < -0.3 is 10.1 Å². The molecule has 3 heteroatoms. The van der Waals surface area contributed by atoms with Crippen molar-refractivity contribution >= 4 is 6.09 Å². The monoisotopic (exact) mass is 223 g/mol. The van der Waals surface area contributed by atoms with Crippen molar-refractivity contribution in [1.29, 1.82) is 0 Å². The molecule has 0 radical (unpaired) electrons. The molecule has 0 aromatic heterocycles. The van der Waals surface area contributed by atoms with Gasteiger partial charge in [-0.25, -0.2) is 4.79 Å². The zero-order valence-corrected chi connectivity index (χ0v) is 10.2. The van der Waals surface area contributed by atoms with E-state index in [9.17, 15) is 4.79 Å². The van der Waals surface area contributed by atoms with Crippen LogP contribution in [0.1, 0.15) is 20.3 Å². The van der Waals surface area contributed by atoms with E-state index in [1.54, 1.807) is 18.2 Å². The van der Waals surface area contributed by atoms with Gasteiger partial charge in [0.25, 0.3) is 0 Å². The first-order valence-corrected chi connectivity index (χ1v) is 5.48. The summed E-state index contributed by atoms with van der Waals surface area (Å²) in [5.74, 6) is 0.468. The number of ether oxygens (including phenoxy) is 1. The van der Waals surface area contributed by atoms with E-state index in [1.165, 1.54) is 0 Å². The van der Waals surface area contributed by atoms with E-state index in [0.717, 1.165) is 12.0 Å². The third kappa shape index (κ3) is 6.87. The number of hydrogen-bond donors (Lipinski definition) is 1. The number of hydrogen-bond acceptors (Lipinski definition) is 2. The fourth-order valence-corrected chi connectivity index (χ4v) is 0.928. The Morgan fingerprint density at radius 2 is 2.19 bits per heavy atom. The molecule has 0 spiro atoms. The van der Waals surface area contributed by atoms with Gasteiger partial charge in [0.15, 0.2) is 0 Å². The quantitative estimate of drug-likeness (QED) is 0.674. The molecule has 0 aliphatic heterocycles. The molecule has 1 unspecified atom stereocenters. The largest absolute Gasteiger partial charge is 0.445 e. The topological polar surface area (TPSA) is 38.3 Å². The van der Waals surface area contributed by atoms with Gasteiger partial charge in [-0.2, -0.15) is 0 Å². The maximum absolute atomic E-state index is 11.3. The lowest BCUT2D eigenvalue weighted by atomic mass is 10.1. The highest BCUT2D eigenvalue weighted by atomic mass is 16.5. The second-order valence-electron chi connectivity index (χ2n) is 3.65. The van der Waals surface area contributed by atoms with E-state index in [1.807, 2.05) is 0 Å². The van der Waals surface area contributed by atoms with Crippen LogP contribution in [0.5, 0.6) is 0 Å². The average molecular weight is 223 g/mol. The van der Waals surface area contributed by atoms with Crippen LogP contribution in [-0.2, 0) is 4.74 Å². The molecule has 0 aliphatic rings. The number of amides is 1. The van der Waals surface area contributed by atoms with Crippen LogP contribution in [0.4, 0.5) is 4.79 Å². The maximum Gasteiger partial charge on any atom is 0.407 e. The first-order chi connectivity index (χ1) is 7.63. The molecule has 1 amide bonds. The Hall–Kier alpha value is -1.51. The fraction of sp³-hybridized carbons (Fsp3) is 0.462. The molecule has 0 rings (SSSR count). The van der Waals surface area contributed by atoms with Gasteiger partial charge in [-0.05, 0) is 11.5 Å². The van der Waals surface area contributed by atoms with Crippen LogP contribution < -0.4 is 5.32 Å². The number of rotatable bonds is 7. The van der Waals surface area contributed by atoms with E-state index in [-0.39, 0.29) is 6.61 Å². The molecule has 0 saturated carbocycles. The molecule has 0 bridgehead atoms. The minimum absolute atomic E-state index is 0.224. The Balaban J connectivity index is 3.84. The highest BCUT2D eigenvalue weighted by Gasteiger charge is 2.04. The number of carbonyl (C=O) groups is 1. The molecule has 1 N–H and O–H groups in total. The SMILES string of the molecule is C=C/C=C(\C=C)COC(=O)NCC(C)CC. The summed E-state index contributed by atoms with van der Waals surface area (Å²) in [5, 5.41) is 2.71. The van der Waals surface area contributed by atoms with Gasteiger partial charge in [0.1, 0.15) is 6.61 Å². The molecule has 0 aromatic carbocycles. The standard InChI is InChI=1S/C13H21NO2/c1-5-8-12(7-3)10-16-13(15)14-9-11(4)6-2/h5,7-8,11H,1,3,6,9-10H2,2,4H3,(H,14,15)/b12-8+. The van der Waals surface area contributed by atoms with Gasteiger partial charge in [-0.15, -0.1) is 0 Å². The minimum Gasteiger partial charge on any atom is -0.445 e. The van der Waals surface area contributed by atoms with Crippen molar-refractivity contribution < 1.29 is 9.53 Å². The Morgan fingerprint density at radius 1 is 1.50 bits per heavy atom. The predicted octanol–water partition coefficient (Wildman–Crippen LogP) is 3.06. The van der Waals surface area contributed by atoms with Gasteiger partial charge in [0, 0.05) is 6.54 Å². The molecule has 0 fully saturated rings. The van der Waals surface area contributed by atoms with E-state index < -0.39 is 6.09 Å². The molecule has 1 atom stereocenters. The zero-order valence-electron chi connectivity index (χ0n) is 10.2. The van der Waals surface area contributed by atoms with Crippen LogP contribution in [0.3, 0.4) is 0 Å². The van der Waals surface area contributed by atoms with Crippen LogP contribution in [0, 0.1) is 5.92 Å². The Labute approximate surface area is 97.9 Å². The summed E-state index contributed by atoms with van der Waals surface area (Å²) in [6.45, 7) is 12.2. The van der Waals surface area contributed by atoms with Crippen LogP contribution >= 0.6 is 0 Å². The minimum atomic E-state index is -0.392. The third-order valence-electron chi connectivity index (χ3n) is 2.26. The average Bonchev–Trinajstić information content (AvgIpc) is 2.31. The van der Waals surface area contributed by atoms with Crippen molar-refractivity contribution in [2.45, 2.75) is 20.3 Å². The molecule has 0 saturated heterocycles. The van der Waals surface area contributed by atoms with Crippen LogP contribution in [0.25, 0.3) is 0 Å². The summed E-state index contributed by atoms with van der Waals surface area (Å²) in [6.07, 6.45) is 5.68. The first-order valence-electron chi connectivity index (χ1n) is 5.48. The van der Waals surface area contributed by atoms with Crippen molar-refractivity contribution in [3.05, 3.63) is 37.0 Å².